The minimum Gasteiger partial charge on any atom is -0.329 e. The minimum absolute atomic E-state index is 0.101. The second-order valence-corrected chi connectivity index (χ2v) is 5.70. The zero-order valence-electron chi connectivity index (χ0n) is 13.5. The molecule has 23 heavy (non-hydrogen) atoms. The van der Waals surface area contributed by atoms with E-state index in [1.165, 1.54) is 5.56 Å². The van der Waals surface area contributed by atoms with Crippen LogP contribution in [0.15, 0.2) is 61.1 Å². The Hall–Kier alpha value is -2.56. The summed E-state index contributed by atoms with van der Waals surface area (Å²) in [5.41, 5.74) is 1.03. The van der Waals surface area contributed by atoms with E-state index in [2.05, 4.69) is 53.4 Å². The van der Waals surface area contributed by atoms with Gasteiger partial charge < -0.3 is 10.2 Å². The van der Waals surface area contributed by atoms with Gasteiger partial charge in [-0.05, 0) is 24.5 Å². The zero-order valence-corrected chi connectivity index (χ0v) is 13.5. The summed E-state index contributed by atoms with van der Waals surface area (Å²) in [5, 5.41) is 7.34. The number of aromatic nitrogens is 2. The molecule has 0 saturated carbocycles. The molecule has 5 nitrogen and oxygen atoms in total. The molecule has 1 unspecified atom stereocenters. The molecule has 1 aliphatic heterocycles. The van der Waals surface area contributed by atoms with Crippen LogP contribution in [0.5, 0.6) is 0 Å². The monoisotopic (exact) mass is 310 g/mol. The maximum atomic E-state index is 11.9. The summed E-state index contributed by atoms with van der Waals surface area (Å²) in [7, 11) is 0. The highest BCUT2D eigenvalue weighted by molar-refractivity contribution is 5.88. The van der Waals surface area contributed by atoms with E-state index in [0.717, 1.165) is 12.8 Å². The van der Waals surface area contributed by atoms with Crippen LogP contribution in [0, 0.1) is 0 Å². The van der Waals surface area contributed by atoms with Crippen LogP contribution in [0.4, 0.5) is 0 Å². The highest BCUT2D eigenvalue weighted by Gasteiger charge is 2.40. The number of nitrogens with zero attached hydrogens (tertiary/aromatic N) is 3. The van der Waals surface area contributed by atoms with Gasteiger partial charge in [0.05, 0.1) is 5.54 Å². The number of amides is 1. The molecule has 1 atom stereocenters. The van der Waals surface area contributed by atoms with Crippen LogP contribution in [0.2, 0.25) is 0 Å². The van der Waals surface area contributed by atoms with E-state index < -0.39 is 0 Å². The molecule has 120 valence electrons. The summed E-state index contributed by atoms with van der Waals surface area (Å²) in [6.07, 6.45) is 8.59. The van der Waals surface area contributed by atoms with Gasteiger partial charge in [0.25, 0.3) is 0 Å². The van der Waals surface area contributed by atoms with E-state index in [1.54, 1.807) is 17.0 Å². The van der Waals surface area contributed by atoms with Crippen LogP contribution in [-0.4, -0.2) is 20.6 Å². The summed E-state index contributed by atoms with van der Waals surface area (Å²) >= 11 is 0. The highest BCUT2D eigenvalue weighted by Crippen LogP contribution is 2.39. The fourth-order valence-electron chi connectivity index (χ4n) is 3.39. The van der Waals surface area contributed by atoms with E-state index in [4.69, 9.17) is 0 Å². The molecule has 1 amide bonds. The third-order valence-electron chi connectivity index (χ3n) is 4.67. The van der Waals surface area contributed by atoms with E-state index in [0.29, 0.717) is 0 Å². The van der Waals surface area contributed by atoms with Crippen molar-refractivity contribution in [2.75, 3.05) is 0 Å². The largest absolute Gasteiger partial charge is 0.329 e. The average Bonchev–Trinajstić information content (AvgIpc) is 3.13. The molecular weight excluding hydrogens is 288 g/mol. The molecule has 0 saturated heterocycles. The predicted molar refractivity (Wildman–Crippen MR) is 89.1 cm³/mol. The predicted octanol–water partition coefficient (Wildman–Crippen LogP) is 3.00. The van der Waals surface area contributed by atoms with Crippen LogP contribution in [0.25, 0.3) is 0 Å². The van der Waals surface area contributed by atoms with Gasteiger partial charge in [-0.1, -0.05) is 44.2 Å². The Labute approximate surface area is 136 Å². The van der Waals surface area contributed by atoms with Crippen LogP contribution in [-0.2, 0) is 10.3 Å². The van der Waals surface area contributed by atoms with Gasteiger partial charge in [0.1, 0.15) is 0 Å². The Morgan fingerprint density at radius 1 is 1.17 bits per heavy atom. The fraction of sp³-hybridized carbons (Fsp3) is 0.333. The molecule has 1 aliphatic rings. The lowest BCUT2D eigenvalue weighted by Crippen LogP contribution is -2.54. The molecule has 0 fully saturated rings. The van der Waals surface area contributed by atoms with Gasteiger partial charge >= 0.3 is 0 Å². The molecule has 1 N–H and O–H groups in total. The lowest BCUT2D eigenvalue weighted by atomic mass is 9.83. The number of rotatable bonds is 5. The molecular formula is C18H22N4O. The summed E-state index contributed by atoms with van der Waals surface area (Å²) in [6, 6.07) is 12.3. The summed E-state index contributed by atoms with van der Waals surface area (Å²) < 4.78 is 1.78. The summed E-state index contributed by atoms with van der Waals surface area (Å²) in [5.74, 6) is -0.101. The first-order valence-electron chi connectivity index (χ1n) is 8.03. The summed E-state index contributed by atoms with van der Waals surface area (Å²) in [4.78, 5) is 14.1. The molecule has 0 spiro atoms. The van der Waals surface area contributed by atoms with E-state index in [1.807, 2.05) is 24.5 Å². The molecule has 0 radical (unpaired) electrons. The lowest BCUT2D eigenvalue weighted by molar-refractivity contribution is -0.122. The third-order valence-corrected chi connectivity index (χ3v) is 4.67. The van der Waals surface area contributed by atoms with Crippen molar-refractivity contribution in [3.8, 4) is 0 Å². The van der Waals surface area contributed by atoms with Gasteiger partial charge in [-0.3, -0.25) is 4.79 Å². The van der Waals surface area contributed by atoms with Crippen molar-refractivity contribution in [2.24, 2.45) is 0 Å². The first kappa shape index (κ1) is 15.3. The van der Waals surface area contributed by atoms with Crippen molar-refractivity contribution in [2.45, 2.75) is 38.5 Å². The second-order valence-electron chi connectivity index (χ2n) is 5.70. The van der Waals surface area contributed by atoms with E-state index in [9.17, 15) is 4.79 Å². The average molecular weight is 310 g/mol. The van der Waals surface area contributed by atoms with Crippen molar-refractivity contribution < 1.29 is 4.79 Å². The van der Waals surface area contributed by atoms with Gasteiger partial charge in [0.2, 0.25) is 12.2 Å². The van der Waals surface area contributed by atoms with Crippen molar-refractivity contribution in [3.63, 3.8) is 0 Å². The Morgan fingerprint density at radius 2 is 1.91 bits per heavy atom. The number of nitrogens with one attached hydrogen (secondary N) is 1. The number of benzene rings is 1. The molecule has 0 bridgehead atoms. The maximum absolute atomic E-state index is 11.9. The van der Waals surface area contributed by atoms with Gasteiger partial charge in [0.15, 0.2) is 0 Å². The minimum atomic E-state index is -0.331. The summed E-state index contributed by atoms with van der Waals surface area (Å²) in [6.45, 7) is 4.36. The molecule has 5 heteroatoms. The molecule has 0 aliphatic carbocycles. The van der Waals surface area contributed by atoms with Crippen LogP contribution in [0.3, 0.4) is 0 Å². The number of hydrogen-bond donors (Lipinski definition) is 1. The second kappa shape index (κ2) is 6.28. The molecule has 3 rings (SSSR count). The molecule has 2 aromatic rings. The van der Waals surface area contributed by atoms with Gasteiger partial charge in [-0.15, -0.1) is 0 Å². The standard InChI is InChI=1S/C18H22N4O/c1-3-18(4-2,15-9-6-5-7-10-15)21-14-11-16(23)20-17(21)22-13-8-12-19-22/h5-14,17H,3-4H2,1-2H3,(H,20,23). The van der Waals surface area contributed by atoms with E-state index >= 15 is 0 Å². The van der Waals surface area contributed by atoms with Gasteiger partial charge in [-0.25, -0.2) is 4.68 Å². The Balaban J connectivity index is 2.10. The highest BCUT2D eigenvalue weighted by atomic mass is 16.2. The lowest BCUT2D eigenvalue weighted by Gasteiger charge is -2.48. The van der Waals surface area contributed by atoms with Crippen LogP contribution in [0.1, 0.15) is 38.5 Å². The molecule has 1 aromatic heterocycles. The number of hydrogen-bond acceptors (Lipinski definition) is 3. The SMILES string of the molecule is CCC(CC)(c1ccccc1)N1C=CC(=O)NC1n1cccn1. The van der Waals surface area contributed by atoms with E-state index in [-0.39, 0.29) is 17.7 Å². The third kappa shape index (κ3) is 2.63. The topological polar surface area (TPSA) is 50.2 Å². The van der Waals surface area contributed by atoms with Crippen molar-refractivity contribution in [1.82, 2.24) is 20.0 Å². The van der Waals surface area contributed by atoms with Crippen molar-refractivity contribution in [1.29, 1.82) is 0 Å². The van der Waals surface area contributed by atoms with Crippen molar-refractivity contribution in [3.05, 3.63) is 66.6 Å². The molecule has 1 aromatic carbocycles. The molecule has 2 heterocycles. The van der Waals surface area contributed by atoms with Crippen molar-refractivity contribution >= 4 is 5.91 Å². The van der Waals surface area contributed by atoms with Crippen LogP contribution < -0.4 is 5.32 Å². The smallest absolute Gasteiger partial charge is 0.248 e. The fourth-order valence-corrected chi connectivity index (χ4v) is 3.39. The van der Waals surface area contributed by atoms with Gasteiger partial charge in [0, 0.05) is 24.7 Å². The number of carbonyl (C=O) groups is 1. The van der Waals surface area contributed by atoms with Gasteiger partial charge in [-0.2, -0.15) is 5.10 Å². The first-order chi connectivity index (χ1) is 11.2. The van der Waals surface area contributed by atoms with Crippen LogP contribution >= 0.6 is 0 Å². The first-order valence-corrected chi connectivity index (χ1v) is 8.03. The Kier molecular flexibility index (Phi) is 4.19. The zero-order chi connectivity index (χ0) is 16.3. The normalized spacial score (nSPS) is 18.1. The number of carbonyl (C=O) groups excluding carboxylic acids is 1. The maximum Gasteiger partial charge on any atom is 0.248 e. The Morgan fingerprint density at radius 3 is 2.52 bits per heavy atom. The quantitative estimate of drug-likeness (QED) is 0.923. The Bertz CT molecular complexity index is 674.